The summed E-state index contributed by atoms with van der Waals surface area (Å²) in [5.74, 6) is 0.101. The Morgan fingerprint density at radius 1 is 1.89 bits per heavy atom. The van der Waals surface area contributed by atoms with Gasteiger partial charge in [-0.2, -0.15) is 0 Å². The third-order valence-electron chi connectivity index (χ3n) is 0.863. The van der Waals surface area contributed by atoms with Crippen LogP contribution in [0.2, 0.25) is 0 Å². The normalized spacial score (nSPS) is 9.33. The van der Waals surface area contributed by atoms with E-state index in [-0.39, 0.29) is 5.84 Å². The fourth-order valence-corrected chi connectivity index (χ4v) is 0.524. The molecule has 3 N–H and O–H groups in total. The molecule has 0 radical (unpaired) electrons. The van der Waals surface area contributed by atoms with Crippen molar-refractivity contribution < 1.29 is 4.52 Å². The molecule has 1 aromatic heterocycles. The highest BCUT2D eigenvalue weighted by Gasteiger charge is 1.95. The summed E-state index contributed by atoms with van der Waals surface area (Å²) in [6.45, 7) is 0. The van der Waals surface area contributed by atoms with E-state index in [0.717, 1.165) is 0 Å². The zero-order chi connectivity index (χ0) is 6.69. The molecule has 0 unspecified atom stereocenters. The van der Waals surface area contributed by atoms with E-state index in [9.17, 15) is 0 Å². The van der Waals surface area contributed by atoms with Crippen molar-refractivity contribution in [2.75, 3.05) is 0 Å². The Kier molecular flexibility index (Phi) is 1.48. The van der Waals surface area contributed by atoms with Gasteiger partial charge in [0.25, 0.3) is 0 Å². The van der Waals surface area contributed by atoms with Crippen molar-refractivity contribution in [1.82, 2.24) is 5.16 Å². The second-order valence-corrected chi connectivity index (χ2v) is 1.69. The van der Waals surface area contributed by atoms with Gasteiger partial charge in [-0.05, 0) is 0 Å². The van der Waals surface area contributed by atoms with Gasteiger partial charge < -0.3 is 10.3 Å². The minimum Gasteiger partial charge on any atom is -0.387 e. The molecule has 0 saturated carbocycles. The summed E-state index contributed by atoms with van der Waals surface area (Å²) >= 11 is 0. The third-order valence-corrected chi connectivity index (χ3v) is 0.863. The van der Waals surface area contributed by atoms with Crippen LogP contribution in [0.5, 0.6) is 0 Å². The van der Waals surface area contributed by atoms with Crippen molar-refractivity contribution in [3.8, 4) is 0 Å². The molecule has 0 amide bonds. The number of nitrogens with two attached hydrogens (primary N) is 1. The van der Waals surface area contributed by atoms with Crippen molar-refractivity contribution in [3.63, 3.8) is 0 Å². The van der Waals surface area contributed by atoms with Crippen molar-refractivity contribution in [3.05, 3.63) is 18.0 Å². The minimum atomic E-state index is 0.101. The van der Waals surface area contributed by atoms with Crippen LogP contribution in [0, 0.1) is 5.41 Å². The van der Waals surface area contributed by atoms with E-state index in [1.165, 1.54) is 6.26 Å². The first-order valence-corrected chi connectivity index (χ1v) is 2.51. The third kappa shape index (κ3) is 1.56. The molecule has 0 aliphatic rings. The smallest absolute Gasteiger partial charge is 0.124 e. The van der Waals surface area contributed by atoms with Gasteiger partial charge in [0.2, 0.25) is 0 Å². The van der Waals surface area contributed by atoms with Gasteiger partial charge >= 0.3 is 0 Å². The highest BCUT2D eigenvalue weighted by atomic mass is 16.5. The van der Waals surface area contributed by atoms with Crippen LogP contribution in [0.3, 0.4) is 0 Å². The fraction of sp³-hybridized carbons (Fsp3) is 0.200. The average molecular weight is 125 g/mol. The molecule has 1 rings (SSSR count). The molecule has 1 heterocycles. The molecule has 0 aliphatic carbocycles. The lowest BCUT2D eigenvalue weighted by molar-refractivity contribution is 0.414. The molecular weight excluding hydrogens is 118 g/mol. The second-order valence-electron chi connectivity index (χ2n) is 1.69. The highest BCUT2D eigenvalue weighted by molar-refractivity contribution is 5.78. The topological polar surface area (TPSA) is 75.9 Å². The monoisotopic (exact) mass is 125 g/mol. The predicted octanol–water partition coefficient (Wildman–Crippen LogP) is 0.153. The van der Waals surface area contributed by atoms with Crippen molar-refractivity contribution in [1.29, 1.82) is 5.41 Å². The Morgan fingerprint density at radius 3 is 3.11 bits per heavy atom. The maximum Gasteiger partial charge on any atom is 0.124 e. The lowest BCUT2D eigenvalue weighted by Crippen LogP contribution is -2.12. The van der Waals surface area contributed by atoms with Crippen LogP contribution in [0.25, 0.3) is 0 Å². The molecule has 9 heavy (non-hydrogen) atoms. The zero-order valence-corrected chi connectivity index (χ0v) is 4.79. The molecular formula is C5H7N3O. The van der Waals surface area contributed by atoms with E-state index >= 15 is 0 Å². The van der Waals surface area contributed by atoms with E-state index in [1.54, 1.807) is 6.07 Å². The van der Waals surface area contributed by atoms with Crippen LogP contribution in [0.4, 0.5) is 0 Å². The molecule has 0 fully saturated rings. The average Bonchev–Trinajstić information content (AvgIpc) is 2.15. The molecule has 0 aromatic carbocycles. The molecule has 1 aromatic rings. The number of hydrogen-bond acceptors (Lipinski definition) is 3. The molecule has 4 heteroatoms. The molecule has 0 aliphatic heterocycles. The van der Waals surface area contributed by atoms with Crippen LogP contribution >= 0.6 is 0 Å². The van der Waals surface area contributed by atoms with Crippen molar-refractivity contribution >= 4 is 5.84 Å². The first-order chi connectivity index (χ1) is 4.29. The SMILES string of the molecule is N=C(N)Cc1ccon1. The molecule has 0 atom stereocenters. The van der Waals surface area contributed by atoms with Gasteiger partial charge in [0.15, 0.2) is 0 Å². The van der Waals surface area contributed by atoms with Gasteiger partial charge in [-0.3, -0.25) is 5.41 Å². The van der Waals surface area contributed by atoms with Gasteiger partial charge in [-0.1, -0.05) is 5.16 Å². The van der Waals surface area contributed by atoms with Crippen LogP contribution < -0.4 is 5.73 Å². The summed E-state index contributed by atoms with van der Waals surface area (Å²) in [5.41, 5.74) is 5.78. The van der Waals surface area contributed by atoms with E-state index in [2.05, 4.69) is 9.68 Å². The Labute approximate surface area is 52.2 Å². The van der Waals surface area contributed by atoms with Gasteiger partial charge in [0.05, 0.1) is 18.0 Å². The van der Waals surface area contributed by atoms with Crippen molar-refractivity contribution in [2.45, 2.75) is 6.42 Å². The molecule has 4 nitrogen and oxygen atoms in total. The minimum absolute atomic E-state index is 0.101. The largest absolute Gasteiger partial charge is 0.387 e. The number of aromatic nitrogens is 1. The number of nitrogens with one attached hydrogen (secondary N) is 1. The fourth-order valence-electron chi connectivity index (χ4n) is 0.524. The van der Waals surface area contributed by atoms with Crippen molar-refractivity contribution in [2.24, 2.45) is 5.73 Å². The first kappa shape index (κ1) is 5.81. The summed E-state index contributed by atoms with van der Waals surface area (Å²) in [7, 11) is 0. The maximum absolute atomic E-state index is 6.87. The summed E-state index contributed by atoms with van der Waals surface area (Å²) in [6, 6.07) is 1.68. The summed E-state index contributed by atoms with van der Waals surface area (Å²) in [4.78, 5) is 0. The van der Waals surface area contributed by atoms with Gasteiger partial charge in [-0.15, -0.1) is 0 Å². The number of nitrogens with zero attached hydrogens (tertiary/aromatic N) is 1. The van der Waals surface area contributed by atoms with Crippen LogP contribution in [0.15, 0.2) is 16.9 Å². The predicted molar refractivity (Wildman–Crippen MR) is 32.1 cm³/mol. The van der Waals surface area contributed by atoms with Gasteiger partial charge in [0.1, 0.15) is 6.26 Å². The second kappa shape index (κ2) is 2.30. The summed E-state index contributed by atoms with van der Waals surface area (Å²) in [5, 5.41) is 10.4. The Hall–Kier alpha value is -1.32. The highest BCUT2D eigenvalue weighted by Crippen LogP contribution is 1.93. The lowest BCUT2D eigenvalue weighted by Gasteiger charge is -1.87. The number of rotatable bonds is 2. The van der Waals surface area contributed by atoms with E-state index in [4.69, 9.17) is 11.1 Å². The van der Waals surface area contributed by atoms with E-state index < -0.39 is 0 Å². The Morgan fingerprint density at radius 2 is 2.67 bits per heavy atom. The van der Waals surface area contributed by atoms with Gasteiger partial charge in [0, 0.05) is 6.07 Å². The standard InChI is InChI=1S/C5H7N3O/c6-5(7)3-4-1-2-9-8-4/h1-2H,3H2,(H3,6,7). The summed E-state index contributed by atoms with van der Waals surface area (Å²) < 4.78 is 4.51. The van der Waals surface area contributed by atoms with Crippen LogP contribution in [0.1, 0.15) is 5.69 Å². The van der Waals surface area contributed by atoms with E-state index in [1.807, 2.05) is 0 Å². The number of amidine groups is 1. The number of hydrogen-bond donors (Lipinski definition) is 2. The molecule has 48 valence electrons. The molecule has 0 spiro atoms. The van der Waals surface area contributed by atoms with Gasteiger partial charge in [-0.25, -0.2) is 0 Å². The molecule has 0 saturated heterocycles. The quantitative estimate of drug-likeness (QED) is 0.436. The summed E-state index contributed by atoms with van der Waals surface area (Å²) in [6.07, 6.45) is 1.83. The Bertz CT molecular complexity index is 192. The maximum atomic E-state index is 6.87. The van der Waals surface area contributed by atoms with Crippen LogP contribution in [-0.4, -0.2) is 11.0 Å². The van der Waals surface area contributed by atoms with Crippen LogP contribution in [-0.2, 0) is 6.42 Å². The zero-order valence-electron chi connectivity index (χ0n) is 4.79. The first-order valence-electron chi connectivity index (χ1n) is 2.51. The Balaban J connectivity index is 2.58. The lowest BCUT2D eigenvalue weighted by atomic mass is 10.3. The molecule has 0 bridgehead atoms. The van der Waals surface area contributed by atoms with E-state index in [0.29, 0.717) is 12.1 Å².